The zero-order valence-corrected chi connectivity index (χ0v) is 12.3. The molecule has 0 spiro atoms. The number of carboxylic acid groups (broad SMARTS) is 1. The minimum atomic E-state index is -4.55. The van der Waals surface area contributed by atoms with Gasteiger partial charge in [0.25, 0.3) is 0 Å². The van der Waals surface area contributed by atoms with E-state index in [1.54, 1.807) is 24.3 Å². The van der Waals surface area contributed by atoms with Crippen LogP contribution in [0.2, 0.25) is 0 Å². The zero-order chi connectivity index (χ0) is 17.7. The van der Waals surface area contributed by atoms with E-state index in [0.717, 1.165) is 10.8 Å². The first-order chi connectivity index (χ1) is 11.3. The second-order valence-corrected chi connectivity index (χ2v) is 5.05. The Hall–Kier alpha value is -2.61. The summed E-state index contributed by atoms with van der Waals surface area (Å²) < 4.78 is 40.1. The van der Waals surface area contributed by atoms with Gasteiger partial charge in [-0.05, 0) is 22.4 Å². The summed E-state index contributed by atoms with van der Waals surface area (Å²) in [5, 5.41) is 13.1. The summed E-state index contributed by atoms with van der Waals surface area (Å²) >= 11 is 0. The van der Waals surface area contributed by atoms with E-state index in [-0.39, 0.29) is 0 Å². The van der Waals surface area contributed by atoms with Crippen molar-refractivity contribution < 1.29 is 32.6 Å². The number of ether oxygens (including phenoxy) is 1. The van der Waals surface area contributed by atoms with E-state index in [0.29, 0.717) is 5.56 Å². The molecule has 1 atom stereocenters. The van der Waals surface area contributed by atoms with Crippen molar-refractivity contribution in [1.82, 2.24) is 5.32 Å². The van der Waals surface area contributed by atoms with Crippen molar-refractivity contribution in [1.29, 1.82) is 0 Å². The van der Waals surface area contributed by atoms with Crippen LogP contribution in [-0.4, -0.2) is 36.4 Å². The van der Waals surface area contributed by atoms with Crippen LogP contribution in [0.25, 0.3) is 10.8 Å². The van der Waals surface area contributed by atoms with Crippen molar-refractivity contribution >= 4 is 22.6 Å². The fraction of sp³-hybridized carbons (Fsp3) is 0.250. The molecule has 128 valence electrons. The van der Waals surface area contributed by atoms with Crippen molar-refractivity contribution in [2.45, 2.75) is 12.2 Å². The highest BCUT2D eigenvalue weighted by Gasteiger charge is 2.28. The molecule has 2 aromatic rings. The van der Waals surface area contributed by atoms with E-state index < -0.39 is 37.3 Å². The van der Waals surface area contributed by atoms with Crippen LogP contribution in [0.4, 0.5) is 13.2 Å². The highest BCUT2D eigenvalue weighted by Crippen LogP contribution is 2.21. The smallest absolute Gasteiger partial charge is 0.411 e. The average molecular weight is 341 g/mol. The third kappa shape index (κ3) is 4.95. The summed E-state index contributed by atoms with van der Waals surface area (Å²) in [4.78, 5) is 23.0. The van der Waals surface area contributed by atoms with Crippen molar-refractivity contribution in [2.24, 2.45) is 0 Å². The van der Waals surface area contributed by atoms with Crippen molar-refractivity contribution in [3.8, 4) is 0 Å². The Morgan fingerprint density at radius 3 is 2.42 bits per heavy atom. The predicted molar refractivity (Wildman–Crippen MR) is 79.3 cm³/mol. The maximum Gasteiger partial charge on any atom is 0.411 e. The van der Waals surface area contributed by atoms with Crippen LogP contribution in [0.3, 0.4) is 0 Å². The Labute approximate surface area is 135 Å². The molecule has 24 heavy (non-hydrogen) atoms. The fourth-order valence-corrected chi connectivity index (χ4v) is 2.14. The number of alkyl halides is 3. The molecule has 2 aromatic carbocycles. The molecular formula is C16H14F3NO4. The zero-order valence-electron chi connectivity index (χ0n) is 12.3. The van der Waals surface area contributed by atoms with Gasteiger partial charge in [0.2, 0.25) is 5.91 Å². The minimum Gasteiger partial charge on any atom is -0.479 e. The second kappa shape index (κ2) is 7.31. The van der Waals surface area contributed by atoms with Crippen LogP contribution >= 0.6 is 0 Å². The molecule has 0 bridgehead atoms. The standard InChI is InChI=1S/C16H14F3NO4/c17-16(18,19)9-24-8-13(21)20-14(15(22)23)12-6-5-10-3-1-2-4-11(10)7-12/h1-7,14H,8-9H2,(H,20,21)(H,22,23). The maximum absolute atomic E-state index is 12.0. The summed E-state index contributed by atoms with van der Waals surface area (Å²) in [6.45, 7) is -2.45. The highest BCUT2D eigenvalue weighted by atomic mass is 19.4. The number of hydrogen-bond donors (Lipinski definition) is 2. The monoisotopic (exact) mass is 341 g/mol. The number of aliphatic carboxylic acids is 1. The van der Waals surface area contributed by atoms with Gasteiger partial charge in [0.1, 0.15) is 13.2 Å². The van der Waals surface area contributed by atoms with Crippen LogP contribution in [0.5, 0.6) is 0 Å². The van der Waals surface area contributed by atoms with Crippen molar-refractivity contribution in [3.05, 3.63) is 48.0 Å². The molecule has 0 radical (unpaired) electrons. The molecule has 0 saturated carbocycles. The first-order valence-corrected chi connectivity index (χ1v) is 6.91. The summed E-state index contributed by atoms with van der Waals surface area (Å²) in [6.07, 6.45) is -4.55. The van der Waals surface area contributed by atoms with Gasteiger partial charge in [0, 0.05) is 0 Å². The molecule has 8 heteroatoms. The number of carboxylic acids is 1. The van der Waals surface area contributed by atoms with E-state index in [2.05, 4.69) is 10.1 Å². The SMILES string of the molecule is O=C(COCC(F)(F)F)NC(C(=O)O)c1ccc2ccccc2c1. The number of benzene rings is 2. The molecule has 1 unspecified atom stereocenters. The minimum absolute atomic E-state index is 0.311. The van der Waals surface area contributed by atoms with E-state index in [1.165, 1.54) is 6.07 Å². The number of fused-ring (bicyclic) bond motifs is 1. The average Bonchev–Trinajstić information content (AvgIpc) is 2.50. The Kier molecular flexibility index (Phi) is 5.40. The predicted octanol–water partition coefficient (Wildman–Crippen LogP) is 2.66. The summed E-state index contributed by atoms with van der Waals surface area (Å²) in [6, 6.07) is 10.7. The molecule has 0 fully saturated rings. The maximum atomic E-state index is 12.0. The van der Waals surface area contributed by atoms with Gasteiger partial charge < -0.3 is 15.2 Å². The number of carbonyl (C=O) groups is 2. The van der Waals surface area contributed by atoms with E-state index in [1.807, 2.05) is 12.1 Å². The Balaban J connectivity index is 2.08. The van der Waals surface area contributed by atoms with Crippen LogP contribution in [0.15, 0.2) is 42.5 Å². The number of nitrogens with one attached hydrogen (secondary N) is 1. The fourth-order valence-electron chi connectivity index (χ4n) is 2.14. The van der Waals surface area contributed by atoms with E-state index in [9.17, 15) is 27.9 Å². The normalized spacial score (nSPS) is 12.8. The molecule has 0 aliphatic carbocycles. The number of halogens is 3. The lowest BCUT2D eigenvalue weighted by Crippen LogP contribution is -2.36. The van der Waals surface area contributed by atoms with Gasteiger partial charge >= 0.3 is 12.1 Å². The quantitative estimate of drug-likeness (QED) is 0.847. The van der Waals surface area contributed by atoms with Crippen LogP contribution in [0, 0.1) is 0 Å². The molecule has 2 N–H and O–H groups in total. The van der Waals surface area contributed by atoms with Gasteiger partial charge in [-0.1, -0.05) is 36.4 Å². The Morgan fingerprint density at radius 1 is 1.12 bits per heavy atom. The summed E-state index contributed by atoms with van der Waals surface area (Å²) in [7, 11) is 0. The molecule has 0 aromatic heterocycles. The summed E-state index contributed by atoms with van der Waals surface area (Å²) in [5.74, 6) is -2.27. The molecule has 0 heterocycles. The lowest BCUT2D eigenvalue weighted by atomic mass is 10.0. The van der Waals surface area contributed by atoms with Gasteiger partial charge in [-0.25, -0.2) is 4.79 Å². The number of rotatable bonds is 6. The lowest BCUT2D eigenvalue weighted by Gasteiger charge is -2.16. The van der Waals surface area contributed by atoms with Crippen molar-refractivity contribution in [2.75, 3.05) is 13.2 Å². The van der Waals surface area contributed by atoms with E-state index >= 15 is 0 Å². The second-order valence-electron chi connectivity index (χ2n) is 5.05. The molecule has 0 aliphatic heterocycles. The third-order valence-corrected chi connectivity index (χ3v) is 3.16. The molecule has 0 aliphatic rings. The van der Waals surface area contributed by atoms with Crippen LogP contribution < -0.4 is 5.32 Å². The number of amides is 1. The van der Waals surface area contributed by atoms with Gasteiger partial charge in [0.05, 0.1) is 0 Å². The molecule has 2 rings (SSSR count). The van der Waals surface area contributed by atoms with Crippen LogP contribution in [-0.2, 0) is 14.3 Å². The molecular weight excluding hydrogens is 327 g/mol. The number of carbonyl (C=O) groups excluding carboxylic acids is 1. The van der Waals surface area contributed by atoms with Gasteiger partial charge in [0.15, 0.2) is 6.04 Å². The molecule has 0 saturated heterocycles. The van der Waals surface area contributed by atoms with Gasteiger partial charge in [-0.15, -0.1) is 0 Å². The molecule has 1 amide bonds. The summed E-state index contributed by atoms with van der Waals surface area (Å²) in [5.41, 5.74) is 0.311. The largest absolute Gasteiger partial charge is 0.479 e. The van der Waals surface area contributed by atoms with E-state index in [4.69, 9.17) is 0 Å². The Bertz CT molecular complexity index is 745. The first-order valence-electron chi connectivity index (χ1n) is 6.91. The lowest BCUT2D eigenvalue weighted by molar-refractivity contribution is -0.176. The third-order valence-electron chi connectivity index (χ3n) is 3.16. The highest BCUT2D eigenvalue weighted by molar-refractivity contribution is 5.88. The topological polar surface area (TPSA) is 75.6 Å². The van der Waals surface area contributed by atoms with Gasteiger partial charge in [-0.2, -0.15) is 13.2 Å². The first kappa shape index (κ1) is 17.7. The van der Waals surface area contributed by atoms with Crippen molar-refractivity contribution in [3.63, 3.8) is 0 Å². The number of hydrogen-bond acceptors (Lipinski definition) is 3. The Morgan fingerprint density at radius 2 is 1.79 bits per heavy atom. The van der Waals surface area contributed by atoms with Crippen LogP contribution in [0.1, 0.15) is 11.6 Å². The van der Waals surface area contributed by atoms with Gasteiger partial charge in [-0.3, -0.25) is 4.79 Å². The molecule has 5 nitrogen and oxygen atoms in total.